The highest BCUT2D eigenvalue weighted by Crippen LogP contribution is 2.26. The molecule has 2 rings (SSSR count). The van der Waals surface area contributed by atoms with Gasteiger partial charge in [0.25, 0.3) is 0 Å². The Labute approximate surface area is 158 Å². The molecule has 4 heteroatoms. The topological polar surface area (TPSA) is 47.9 Å². The van der Waals surface area contributed by atoms with Crippen LogP contribution in [-0.4, -0.2) is 44.7 Å². The van der Waals surface area contributed by atoms with Crippen molar-refractivity contribution in [2.24, 2.45) is 0 Å². The number of aliphatic hydroxyl groups is 1. The summed E-state index contributed by atoms with van der Waals surface area (Å²) in [5.41, 5.74) is 1.35. The first-order valence-corrected chi connectivity index (χ1v) is 10.3. The van der Waals surface area contributed by atoms with Crippen LogP contribution in [0.1, 0.15) is 69.3 Å². The molecule has 0 amide bonds. The number of aliphatic hydroxyl groups excluding tert-OH is 1. The molecule has 1 heterocycles. The summed E-state index contributed by atoms with van der Waals surface area (Å²) < 4.78 is 17.3. The van der Waals surface area contributed by atoms with Crippen LogP contribution in [0.4, 0.5) is 0 Å². The van der Waals surface area contributed by atoms with E-state index < -0.39 is 0 Å². The third-order valence-electron chi connectivity index (χ3n) is 5.23. The lowest BCUT2D eigenvalue weighted by molar-refractivity contribution is 0.00755. The quantitative estimate of drug-likeness (QED) is 0.645. The Morgan fingerprint density at radius 3 is 2.54 bits per heavy atom. The third-order valence-corrected chi connectivity index (χ3v) is 5.23. The van der Waals surface area contributed by atoms with Gasteiger partial charge in [-0.05, 0) is 49.8 Å². The maximum atomic E-state index is 8.80. The Kier molecular flexibility index (Phi) is 10.7. The van der Waals surface area contributed by atoms with Gasteiger partial charge in [0.1, 0.15) is 5.75 Å². The second kappa shape index (κ2) is 13.1. The number of methoxy groups -OCH3 is 1. The van der Waals surface area contributed by atoms with Crippen molar-refractivity contribution < 1.29 is 19.3 Å². The van der Waals surface area contributed by atoms with Gasteiger partial charge >= 0.3 is 0 Å². The van der Waals surface area contributed by atoms with E-state index >= 15 is 0 Å². The molecular weight excluding hydrogens is 328 g/mol. The summed E-state index contributed by atoms with van der Waals surface area (Å²) in [4.78, 5) is 0. The molecule has 0 aromatic heterocycles. The van der Waals surface area contributed by atoms with E-state index in [0.29, 0.717) is 18.6 Å². The summed E-state index contributed by atoms with van der Waals surface area (Å²) in [6.45, 7) is 2.71. The second-order valence-electron chi connectivity index (χ2n) is 7.25. The van der Waals surface area contributed by atoms with Gasteiger partial charge in [-0.2, -0.15) is 0 Å². The monoisotopic (exact) mass is 364 g/mol. The molecule has 1 fully saturated rings. The Hall–Kier alpha value is -1.10. The fourth-order valence-electron chi connectivity index (χ4n) is 3.55. The van der Waals surface area contributed by atoms with E-state index in [4.69, 9.17) is 19.3 Å². The molecule has 1 aliphatic rings. The van der Waals surface area contributed by atoms with Crippen LogP contribution in [-0.2, 0) is 9.47 Å². The third kappa shape index (κ3) is 8.07. The predicted octanol–water partition coefficient (Wildman–Crippen LogP) is 4.70. The molecule has 26 heavy (non-hydrogen) atoms. The predicted molar refractivity (Wildman–Crippen MR) is 105 cm³/mol. The SMILES string of the molecule is COc1ccc(C2CCCCC(OCCCCCCO)CCOC2)cc1. The fourth-order valence-corrected chi connectivity index (χ4v) is 3.55. The standard InChI is InChI=1S/C22H36O4/c1-24-21-12-10-19(11-13-21)20-8-4-5-9-22(14-17-25-18-20)26-16-7-3-2-6-15-23/h10-13,20,22-23H,2-9,14-18H2,1H3. The van der Waals surface area contributed by atoms with E-state index in [0.717, 1.165) is 64.1 Å². The second-order valence-corrected chi connectivity index (χ2v) is 7.25. The van der Waals surface area contributed by atoms with E-state index in [-0.39, 0.29) is 0 Å². The summed E-state index contributed by atoms with van der Waals surface area (Å²) in [5, 5.41) is 8.80. The minimum Gasteiger partial charge on any atom is -0.497 e. The highest BCUT2D eigenvalue weighted by atomic mass is 16.5. The van der Waals surface area contributed by atoms with E-state index in [1.54, 1.807) is 7.11 Å². The van der Waals surface area contributed by atoms with Crippen molar-refractivity contribution in [3.63, 3.8) is 0 Å². The average Bonchev–Trinajstić information content (AvgIpc) is 2.69. The number of ether oxygens (including phenoxy) is 3. The van der Waals surface area contributed by atoms with Crippen LogP contribution >= 0.6 is 0 Å². The average molecular weight is 365 g/mol. The highest BCUT2D eigenvalue weighted by molar-refractivity contribution is 5.29. The van der Waals surface area contributed by atoms with Gasteiger partial charge in [-0.15, -0.1) is 0 Å². The molecule has 1 aromatic rings. The molecule has 1 saturated heterocycles. The van der Waals surface area contributed by atoms with Gasteiger partial charge in [0.05, 0.1) is 19.8 Å². The van der Waals surface area contributed by atoms with Gasteiger partial charge in [0.2, 0.25) is 0 Å². The molecule has 0 aliphatic carbocycles. The molecular formula is C22H36O4. The molecule has 1 aliphatic heterocycles. The number of unbranched alkanes of at least 4 members (excludes halogenated alkanes) is 3. The Bertz CT molecular complexity index is 448. The molecule has 0 bridgehead atoms. The van der Waals surface area contributed by atoms with Crippen LogP contribution in [0.15, 0.2) is 24.3 Å². The first kappa shape index (κ1) is 21.2. The summed E-state index contributed by atoms with van der Waals surface area (Å²) >= 11 is 0. The Morgan fingerprint density at radius 1 is 1.00 bits per heavy atom. The highest BCUT2D eigenvalue weighted by Gasteiger charge is 2.16. The first-order valence-electron chi connectivity index (χ1n) is 10.3. The molecule has 0 saturated carbocycles. The molecule has 0 spiro atoms. The molecule has 4 nitrogen and oxygen atoms in total. The van der Waals surface area contributed by atoms with Crippen molar-refractivity contribution in [1.82, 2.24) is 0 Å². The van der Waals surface area contributed by atoms with Gasteiger partial charge in [0.15, 0.2) is 0 Å². The number of benzene rings is 1. The molecule has 2 atom stereocenters. The smallest absolute Gasteiger partial charge is 0.118 e. The summed E-state index contributed by atoms with van der Waals surface area (Å²) in [6.07, 6.45) is 10.3. The van der Waals surface area contributed by atoms with Crippen LogP contribution in [0.2, 0.25) is 0 Å². The Morgan fingerprint density at radius 2 is 1.77 bits per heavy atom. The van der Waals surface area contributed by atoms with Crippen LogP contribution in [0.3, 0.4) is 0 Å². The molecule has 2 unspecified atom stereocenters. The van der Waals surface area contributed by atoms with Crippen molar-refractivity contribution in [3.05, 3.63) is 29.8 Å². The maximum Gasteiger partial charge on any atom is 0.118 e. The van der Waals surface area contributed by atoms with Gasteiger partial charge in [0, 0.05) is 25.7 Å². The first-order chi connectivity index (χ1) is 12.8. The van der Waals surface area contributed by atoms with E-state index in [9.17, 15) is 0 Å². The summed E-state index contributed by atoms with van der Waals surface area (Å²) in [7, 11) is 1.70. The lowest BCUT2D eigenvalue weighted by Gasteiger charge is -2.23. The summed E-state index contributed by atoms with van der Waals surface area (Å²) in [5.74, 6) is 1.38. The minimum atomic E-state index is 0.304. The van der Waals surface area contributed by atoms with Gasteiger partial charge in [-0.3, -0.25) is 0 Å². The van der Waals surface area contributed by atoms with Crippen molar-refractivity contribution in [1.29, 1.82) is 0 Å². The van der Waals surface area contributed by atoms with Crippen molar-refractivity contribution in [3.8, 4) is 5.75 Å². The maximum absolute atomic E-state index is 8.80. The van der Waals surface area contributed by atoms with E-state index in [1.165, 1.54) is 24.8 Å². The van der Waals surface area contributed by atoms with E-state index in [2.05, 4.69) is 12.1 Å². The van der Waals surface area contributed by atoms with E-state index in [1.807, 2.05) is 12.1 Å². The van der Waals surface area contributed by atoms with Crippen LogP contribution in [0.25, 0.3) is 0 Å². The molecule has 1 N–H and O–H groups in total. The zero-order valence-electron chi connectivity index (χ0n) is 16.3. The molecule has 1 aromatic carbocycles. The molecule has 148 valence electrons. The summed E-state index contributed by atoms with van der Waals surface area (Å²) in [6, 6.07) is 8.42. The normalized spacial score (nSPS) is 22.1. The van der Waals surface area contributed by atoms with Crippen molar-refractivity contribution in [2.75, 3.05) is 33.5 Å². The van der Waals surface area contributed by atoms with Crippen LogP contribution < -0.4 is 4.74 Å². The number of hydrogen-bond acceptors (Lipinski definition) is 4. The van der Waals surface area contributed by atoms with Gasteiger partial charge < -0.3 is 19.3 Å². The molecule has 0 radical (unpaired) electrons. The number of rotatable bonds is 9. The largest absolute Gasteiger partial charge is 0.497 e. The zero-order valence-corrected chi connectivity index (χ0v) is 16.3. The Balaban J connectivity index is 1.69. The van der Waals surface area contributed by atoms with Crippen molar-refractivity contribution in [2.45, 2.75) is 69.8 Å². The van der Waals surface area contributed by atoms with Crippen LogP contribution in [0, 0.1) is 0 Å². The number of hydrogen-bond donors (Lipinski definition) is 1. The fraction of sp³-hybridized carbons (Fsp3) is 0.727. The lowest BCUT2D eigenvalue weighted by Crippen LogP contribution is -2.19. The van der Waals surface area contributed by atoms with Crippen molar-refractivity contribution >= 4 is 0 Å². The zero-order chi connectivity index (χ0) is 18.5. The lowest BCUT2D eigenvalue weighted by atomic mass is 9.93. The van der Waals surface area contributed by atoms with Crippen LogP contribution in [0.5, 0.6) is 5.75 Å². The minimum absolute atomic E-state index is 0.304. The van der Waals surface area contributed by atoms with Gasteiger partial charge in [-0.1, -0.05) is 37.8 Å². The van der Waals surface area contributed by atoms with Gasteiger partial charge in [-0.25, -0.2) is 0 Å².